The Morgan fingerprint density at radius 2 is 1.53 bits per heavy atom. The van der Waals surface area contributed by atoms with Crippen molar-refractivity contribution < 1.29 is 32.4 Å². The van der Waals surface area contributed by atoms with Gasteiger partial charge in [0.1, 0.15) is 12.1 Å². The van der Waals surface area contributed by atoms with Crippen molar-refractivity contribution in [3.63, 3.8) is 0 Å². The van der Waals surface area contributed by atoms with Crippen LogP contribution in [0.1, 0.15) is 113 Å². The number of carbonyl (C=O) groups is 5. The fraction of sp³-hybridized carbons (Fsp3) is 0.853. The molecule has 12 nitrogen and oxygen atoms in total. The van der Waals surface area contributed by atoms with Gasteiger partial charge in [-0.2, -0.15) is 0 Å². The number of amides is 5. The van der Waals surface area contributed by atoms with Crippen LogP contribution in [-0.2, 0) is 29.0 Å². The van der Waals surface area contributed by atoms with Crippen LogP contribution in [-0.4, -0.2) is 83.6 Å². The Morgan fingerprint density at radius 1 is 0.936 bits per heavy atom. The minimum absolute atomic E-state index is 0.0570. The number of carbonyl (C=O) groups excluding carboxylic acids is 5. The lowest BCUT2D eigenvalue weighted by Gasteiger charge is -2.41. The Labute approximate surface area is 280 Å². The number of primary amides is 1. The van der Waals surface area contributed by atoms with Gasteiger partial charge in [0.05, 0.1) is 22.1 Å². The molecule has 3 saturated carbocycles. The number of ketones is 1. The Hall–Kier alpha value is -2.70. The number of hydrogen-bond acceptors (Lipinski definition) is 7. The number of nitrogens with zero attached hydrogens (tertiary/aromatic N) is 1. The summed E-state index contributed by atoms with van der Waals surface area (Å²) in [5.74, 6) is -2.70. The highest BCUT2D eigenvalue weighted by Crippen LogP contribution is 2.65. The molecule has 5 N–H and O–H groups in total. The number of nitrogens with one attached hydrogen (secondary N) is 3. The molecule has 0 radical (unpaired) electrons. The minimum atomic E-state index is -3.56. The summed E-state index contributed by atoms with van der Waals surface area (Å²) in [5.41, 5.74) is 3.40. The maximum atomic E-state index is 14.4. The van der Waals surface area contributed by atoms with E-state index in [-0.39, 0.29) is 23.0 Å². The third kappa shape index (κ3) is 8.13. The zero-order valence-electron chi connectivity index (χ0n) is 29.5. The van der Waals surface area contributed by atoms with Crippen LogP contribution < -0.4 is 21.7 Å². The molecule has 4 aliphatic rings. The molecule has 3 aliphatic carbocycles. The molecule has 0 bridgehead atoms. The molecule has 5 atom stereocenters. The van der Waals surface area contributed by atoms with Crippen molar-refractivity contribution in [3.8, 4) is 0 Å². The van der Waals surface area contributed by atoms with Crippen molar-refractivity contribution in [2.45, 2.75) is 142 Å². The molecular formula is C34H57N5O7S. The first-order valence-corrected chi connectivity index (χ1v) is 18.9. The van der Waals surface area contributed by atoms with Gasteiger partial charge in [-0.1, -0.05) is 66.7 Å². The molecule has 1 heterocycles. The second kappa shape index (κ2) is 13.0. The zero-order valence-corrected chi connectivity index (χ0v) is 30.3. The van der Waals surface area contributed by atoms with E-state index in [9.17, 15) is 32.4 Å². The van der Waals surface area contributed by atoms with E-state index >= 15 is 0 Å². The molecule has 13 heteroatoms. The smallest absolute Gasteiger partial charge is 0.315 e. The summed E-state index contributed by atoms with van der Waals surface area (Å²) in [6.07, 6.45) is 6.65. The van der Waals surface area contributed by atoms with E-state index in [0.29, 0.717) is 38.1 Å². The molecule has 4 fully saturated rings. The number of urea groups is 1. The van der Waals surface area contributed by atoms with Crippen LogP contribution in [0.3, 0.4) is 0 Å². The number of rotatable bonds is 12. The van der Waals surface area contributed by atoms with Crippen LogP contribution in [0.2, 0.25) is 0 Å². The van der Waals surface area contributed by atoms with Gasteiger partial charge < -0.3 is 26.6 Å². The molecule has 0 spiro atoms. The van der Waals surface area contributed by atoms with Crippen molar-refractivity contribution in [2.24, 2.45) is 34.3 Å². The first kappa shape index (κ1) is 37.1. The van der Waals surface area contributed by atoms with Gasteiger partial charge in [-0.3, -0.25) is 19.2 Å². The van der Waals surface area contributed by atoms with E-state index in [4.69, 9.17) is 5.73 Å². The van der Waals surface area contributed by atoms with Crippen molar-refractivity contribution >= 4 is 39.4 Å². The zero-order chi connectivity index (χ0) is 35.3. The van der Waals surface area contributed by atoms with Gasteiger partial charge in [-0.25, -0.2) is 13.2 Å². The Balaban J connectivity index is 1.54. The van der Waals surface area contributed by atoms with Crippen molar-refractivity contribution in [1.82, 2.24) is 20.9 Å². The number of Topliss-reactive ketones (excluding diaryl/α,β-unsaturated/α-hetero) is 1. The number of fused-ring (bicyclic) bond motifs is 1. The highest BCUT2D eigenvalue weighted by Gasteiger charge is 2.70. The first-order valence-electron chi connectivity index (χ1n) is 17.3. The van der Waals surface area contributed by atoms with Crippen molar-refractivity contribution in [3.05, 3.63) is 0 Å². The number of hydrogen-bond donors (Lipinski definition) is 4. The van der Waals surface area contributed by atoms with Crippen LogP contribution in [0.4, 0.5) is 4.79 Å². The molecule has 2 unspecified atom stereocenters. The minimum Gasteiger partial charge on any atom is -0.363 e. The molecule has 1 saturated heterocycles. The van der Waals surface area contributed by atoms with Crippen molar-refractivity contribution in [2.75, 3.05) is 12.3 Å². The van der Waals surface area contributed by atoms with Crippen LogP contribution >= 0.6 is 0 Å². The van der Waals surface area contributed by atoms with Crippen LogP contribution in [0.25, 0.3) is 0 Å². The lowest BCUT2D eigenvalue weighted by molar-refractivity contribution is -0.145. The second-order valence-electron chi connectivity index (χ2n) is 17.3. The summed E-state index contributed by atoms with van der Waals surface area (Å²) in [7, 11) is -3.56. The van der Waals surface area contributed by atoms with Gasteiger partial charge in [0.15, 0.2) is 9.84 Å². The quantitative estimate of drug-likeness (QED) is 0.229. The van der Waals surface area contributed by atoms with E-state index in [1.807, 2.05) is 34.6 Å². The summed E-state index contributed by atoms with van der Waals surface area (Å²) in [6.45, 7) is 14.8. The molecular weight excluding hydrogens is 622 g/mol. The third-order valence-corrected chi connectivity index (χ3v) is 14.0. The van der Waals surface area contributed by atoms with Gasteiger partial charge in [0.25, 0.3) is 5.91 Å². The molecule has 5 amide bonds. The summed E-state index contributed by atoms with van der Waals surface area (Å²) >= 11 is 0. The van der Waals surface area contributed by atoms with Gasteiger partial charge in [0, 0.05) is 6.54 Å². The lowest BCUT2D eigenvalue weighted by atomic mass is 9.83. The first-order chi connectivity index (χ1) is 21.5. The summed E-state index contributed by atoms with van der Waals surface area (Å²) in [4.78, 5) is 68.0. The topological polar surface area (TPSA) is 185 Å². The SMILES string of the molecule is CC(C)(C)[C@H](NC(=O)NC1(CS(=O)(=O)C(C)(C)C)CCCCC1)C(=O)N1CC2[C@@H]([C@H]1C(=O)NC(CCC1CC1)C(=O)C(N)=O)C2(C)C. The standard InChI is InChI=1S/C34H57N5O7S/c1-31(2,3)26(37-30(44)38-34(16-10-9-11-17-34)19-47(45,46)32(4,5)6)29(43)39-18-21-23(33(21,7)8)24(39)28(42)36-22(25(40)27(35)41)15-14-20-12-13-20/h20-24,26H,9-19H2,1-8H3,(H2,35,41)(H,36,42)(H2,37,38,44)/t21?,22?,23-,24-,26+/m0/s1. The highest BCUT2D eigenvalue weighted by atomic mass is 32.2. The number of piperidine rings is 1. The van der Waals surface area contributed by atoms with E-state index in [2.05, 4.69) is 16.0 Å². The second-order valence-corrected chi connectivity index (χ2v) is 20.1. The van der Waals surface area contributed by atoms with E-state index < -0.39 is 73.2 Å². The average Bonchev–Trinajstić information content (AvgIpc) is 3.80. The molecule has 47 heavy (non-hydrogen) atoms. The summed E-state index contributed by atoms with van der Waals surface area (Å²) in [5, 5.41) is 8.64. The molecule has 1 aliphatic heterocycles. The van der Waals surface area contributed by atoms with E-state index in [1.165, 1.54) is 4.90 Å². The summed E-state index contributed by atoms with van der Waals surface area (Å²) in [6, 6.07) is -3.60. The van der Waals surface area contributed by atoms with Crippen molar-refractivity contribution in [1.29, 1.82) is 0 Å². The highest BCUT2D eigenvalue weighted by molar-refractivity contribution is 7.92. The van der Waals surface area contributed by atoms with Crippen LogP contribution in [0.5, 0.6) is 0 Å². The molecule has 0 aromatic carbocycles. The van der Waals surface area contributed by atoms with E-state index in [1.54, 1.807) is 20.8 Å². The van der Waals surface area contributed by atoms with Crippen LogP contribution in [0, 0.1) is 28.6 Å². The number of nitrogens with two attached hydrogens (primary N) is 1. The predicted octanol–water partition coefficient (Wildman–Crippen LogP) is 2.83. The Bertz CT molecular complexity index is 1370. The molecule has 0 aromatic heterocycles. The maximum absolute atomic E-state index is 14.4. The molecule has 266 valence electrons. The Morgan fingerprint density at radius 3 is 2.04 bits per heavy atom. The number of likely N-dealkylation sites (tertiary alicyclic amines) is 1. The average molecular weight is 680 g/mol. The maximum Gasteiger partial charge on any atom is 0.315 e. The van der Waals surface area contributed by atoms with Gasteiger partial charge in [-0.05, 0) is 75.0 Å². The van der Waals surface area contributed by atoms with Gasteiger partial charge >= 0.3 is 6.03 Å². The largest absolute Gasteiger partial charge is 0.363 e. The normalized spacial score (nSPS) is 26.4. The fourth-order valence-electron chi connectivity index (χ4n) is 7.66. The van der Waals surface area contributed by atoms with Crippen LogP contribution in [0.15, 0.2) is 0 Å². The third-order valence-electron chi connectivity index (χ3n) is 11.2. The molecule has 0 aromatic rings. The van der Waals surface area contributed by atoms with Gasteiger partial charge in [-0.15, -0.1) is 0 Å². The van der Waals surface area contributed by atoms with E-state index in [0.717, 1.165) is 32.1 Å². The van der Waals surface area contributed by atoms with Gasteiger partial charge in [0.2, 0.25) is 17.6 Å². The predicted molar refractivity (Wildman–Crippen MR) is 179 cm³/mol. The summed E-state index contributed by atoms with van der Waals surface area (Å²) < 4.78 is 25.6. The Kier molecular flexibility index (Phi) is 10.2. The number of sulfone groups is 1. The fourth-order valence-corrected chi connectivity index (χ4v) is 9.18. The molecule has 4 rings (SSSR count). The lowest BCUT2D eigenvalue weighted by Crippen LogP contribution is -2.64. The monoisotopic (exact) mass is 679 g/mol.